The predicted octanol–water partition coefficient (Wildman–Crippen LogP) is 5.09. The third-order valence-corrected chi connectivity index (χ3v) is 5.78. The molecule has 12 heteroatoms. The highest BCUT2D eigenvalue weighted by Gasteiger charge is 2.35. The Morgan fingerprint density at radius 1 is 1.05 bits per heavy atom. The zero-order valence-corrected chi connectivity index (χ0v) is 20.2. The minimum atomic E-state index is -4.70. The summed E-state index contributed by atoms with van der Waals surface area (Å²) in [7, 11) is 1.23. The topological polar surface area (TPSA) is 108 Å². The normalized spacial score (nSPS) is 11.5. The molecule has 0 atom stereocenters. The van der Waals surface area contributed by atoms with Crippen molar-refractivity contribution in [2.24, 2.45) is 0 Å². The van der Waals surface area contributed by atoms with Crippen molar-refractivity contribution in [1.29, 1.82) is 0 Å². The third-order valence-electron chi connectivity index (χ3n) is 5.78. The van der Waals surface area contributed by atoms with E-state index in [9.17, 15) is 18.0 Å². The lowest BCUT2D eigenvalue weighted by molar-refractivity contribution is -0.137. The fraction of sp³-hybridized carbons (Fsp3) is 0.154. The van der Waals surface area contributed by atoms with E-state index in [0.29, 0.717) is 34.5 Å². The summed E-state index contributed by atoms with van der Waals surface area (Å²) >= 11 is 0. The molecule has 0 saturated carbocycles. The van der Waals surface area contributed by atoms with Crippen molar-refractivity contribution in [3.8, 4) is 23.0 Å². The molecular weight excluding hydrogens is 499 g/mol. The van der Waals surface area contributed by atoms with E-state index in [2.05, 4.69) is 30.5 Å². The summed E-state index contributed by atoms with van der Waals surface area (Å²) in [6, 6.07) is 13.1. The third kappa shape index (κ3) is 4.88. The van der Waals surface area contributed by atoms with Crippen LogP contribution in [-0.4, -0.2) is 43.1 Å². The Hall–Kier alpha value is -4.87. The standard InChI is InChI=1S/C26H20F3N7O2/c1-15-3-7-22(35-34-15)32-17-5-6-21-20(11-17)31-14-36(21)23-8-4-16(9-10-37)25(33-23)18-13-30-24(38-2)12-19(18)26(27,28)29/h3-8,10-14H,9H2,1-2H3,(H,32,35). The summed E-state index contributed by atoms with van der Waals surface area (Å²) in [6.45, 7) is 1.84. The zero-order chi connectivity index (χ0) is 26.9. The second kappa shape index (κ2) is 9.88. The number of rotatable bonds is 7. The first-order valence-electron chi connectivity index (χ1n) is 11.4. The van der Waals surface area contributed by atoms with Gasteiger partial charge in [-0.2, -0.15) is 18.3 Å². The molecule has 0 amide bonds. The van der Waals surface area contributed by atoms with E-state index in [4.69, 9.17) is 4.74 Å². The molecule has 1 aromatic carbocycles. The van der Waals surface area contributed by atoms with Gasteiger partial charge in [0.2, 0.25) is 5.88 Å². The van der Waals surface area contributed by atoms with Crippen LogP contribution in [0.2, 0.25) is 0 Å². The number of carbonyl (C=O) groups is 1. The number of hydrogen-bond acceptors (Lipinski definition) is 8. The highest BCUT2D eigenvalue weighted by Crippen LogP contribution is 2.39. The molecule has 0 unspecified atom stereocenters. The fourth-order valence-electron chi connectivity index (χ4n) is 3.96. The molecule has 0 saturated heterocycles. The maximum Gasteiger partial charge on any atom is 0.417 e. The molecule has 192 valence electrons. The smallest absolute Gasteiger partial charge is 0.417 e. The van der Waals surface area contributed by atoms with Crippen molar-refractivity contribution in [3.63, 3.8) is 0 Å². The number of aldehydes is 1. The molecule has 0 radical (unpaired) electrons. The van der Waals surface area contributed by atoms with Gasteiger partial charge in [-0.05, 0) is 48.9 Å². The number of nitrogens with one attached hydrogen (secondary N) is 1. The Morgan fingerprint density at radius 3 is 2.61 bits per heavy atom. The molecule has 4 aromatic heterocycles. The largest absolute Gasteiger partial charge is 0.481 e. The minimum absolute atomic E-state index is 0.00448. The van der Waals surface area contributed by atoms with Crippen LogP contribution in [0.1, 0.15) is 16.8 Å². The number of hydrogen-bond donors (Lipinski definition) is 1. The molecule has 0 spiro atoms. The molecule has 1 N–H and O–H groups in total. The van der Waals surface area contributed by atoms with Crippen molar-refractivity contribution in [2.75, 3.05) is 12.4 Å². The van der Waals surface area contributed by atoms with Crippen molar-refractivity contribution in [1.82, 2.24) is 29.7 Å². The summed E-state index contributed by atoms with van der Waals surface area (Å²) in [5.74, 6) is 0.710. The van der Waals surface area contributed by atoms with E-state index >= 15 is 0 Å². The monoisotopic (exact) mass is 519 g/mol. The van der Waals surface area contributed by atoms with Crippen LogP contribution in [0.15, 0.2) is 61.1 Å². The Bertz CT molecular complexity index is 1630. The average molecular weight is 519 g/mol. The number of methoxy groups -OCH3 is 1. The van der Waals surface area contributed by atoms with Gasteiger partial charge in [0.25, 0.3) is 0 Å². The first kappa shape index (κ1) is 24.8. The number of carbonyl (C=O) groups excluding carboxylic acids is 1. The molecule has 9 nitrogen and oxygen atoms in total. The number of benzene rings is 1. The molecular formula is C26H20F3N7O2. The maximum absolute atomic E-state index is 14.0. The van der Waals surface area contributed by atoms with Gasteiger partial charge in [-0.15, -0.1) is 5.10 Å². The SMILES string of the molecule is COc1cc(C(F)(F)F)c(-c2nc(-n3cnc4cc(Nc5ccc(C)nn5)ccc43)ccc2CC=O)cn1. The number of aryl methyl sites for hydroxylation is 1. The number of aromatic nitrogens is 6. The highest BCUT2D eigenvalue weighted by atomic mass is 19.4. The van der Waals surface area contributed by atoms with Gasteiger partial charge < -0.3 is 14.8 Å². The fourth-order valence-corrected chi connectivity index (χ4v) is 3.96. The summed E-state index contributed by atoms with van der Waals surface area (Å²) in [4.78, 5) is 24.2. The van der Waals surface area contributed by atoms with Crippen LogP contribution < -0.4 is 10.1 Å². The Labute approximate surface area is 214 Å². The van der Waals surface area contributed by atoms with Crippen LogP contribution in [0, 0.1) is 6.92 Å². The number of imidazole rings is 1. The number of ether oxygens (including phenoxy) is 1. The average Bonchev–Trinajstić information content (AvgIpc) is 3.33. The van der Waals surface area contributed by atoms with Crippen molar-refractivity contribution in [3.05, 3.63) is 77.9 Å². The lowest BCUT2D eigenvalue weighted by atomic mass is 10.0. The molecule has 5 aromatic rings. The van der Waals surface area contributed by atoms with E-state index in [1.54, 1.807) is 22.8 Å². The maximum atomic E-state index is 14.0. The molecule has 4 heterocycles. The number of alkyl halides is 3. The van der Waals surface area contributed by atoms with Crippen LogP contribution in [0.5, 0.6) is 5.88 Å². The van der Waals surface area contributed by atoms with Crippen LogP contribution >= 0.6 is 0 Å². The van der Waals surface area contributed by atoms with Gasteiger partial charge in [-0.25, -0.2) is 15.0 Å². The number of nitrogens with zero attached hydrogens (tertiary/aromatic N) is 6. The summed E-state index contributed by atoms with van der Waals surface area (Å²) in [6.07, 6.45) is -1.62. The van der Waals surface area contributed by atoms with Crippen LogP contribution in [0.3, 0.4) is 0 Å². The summed E-state index contributed by atoms with van der Waals surface area (Å²) in [5, 5.41) is 11.3. The Balaban J connectivity index is 1.58. The van der Waals surface area contributed by atoms with E-state index < -0.39 is 11.7 Å². The number of halogens is 3. The molecule has 0 fully saturated rings. The van der Waals surface area contributed by atoms with E-state index in [-0.39, 0.29) is 23.6 Å². The zero-order valence-electron chi connectivity index (χ0n) is 20.2. The van der Waals surface area contributed by atoms with E-state index in [1.165, 1.54) is 13.4 Å². The molecule has 38 heavy (non-hydrogen) atoms. The van der Waals surface area contributed by atoms with Crippen LogP contribution in [0.25, 0.3) is 28.1 Å². The van der Waals surface area contributed by atoms with Gasteiger partial charge in [0, 0.05) is 29.9 Å². The number of pyridine rings is 2. The van der Waals surface area contributed by atoms with Gasteiger partial charge in [0.1, 0.15) is 18.4 Å². The molecule has 0 bridgehead atoms. The van der Waals surface area contributed by atoms with Gasteiger partial charge in [-0.3, -0.25) is 4.57 Å². The van der Waals surface area contributed by atoms with Crippen LogP contribution in [0.4, 0.5) is 24.7 Å². The van der Waals surface area contributed by atoms with Crippen molar-refractivity contribution >= 4 is 28.8 Å². The lowest BCUT2D eigenvalue weighted by Crippen LogP contribution is -2.11. The summed E-state index contributed by atoms with van der Waals surface area (Å²) in [5.41, 5.74) is 1.93. The van der Waals surface area contributed by atoms with E-state index in [1.807, 2.05) is 31.2 Å². The van der Waals surface area contributed by atoms with Crippen molar-refractivity contribution < 1.29 is 22.7 Å². The first-order valence-corrected chi connectivity index (χ1v) is 11.4. The minimum Gasteiger partial charge on any atom is -0.481 e. The molecule has 0 aliphatic carbocycles. The highest BCUT2D eigenvalue weighted by molar-refractivity contribution is 5.82. The molecule has 5 rings (SSSR count). The number of fused-ring (bicyclic) bond motifs is 1. The van der Waals surface area contributed by atoms with Crippen LogP contribution in [-0.2, 0) is 17.4 Å². The first-order chi connectivity index (χ1) is 18.3. The predicted molar refractivity (Wildman–Crippen MR) is 133 cm³/mol. The Kier molecular flexibility index (Phi) is 6.45. The van der Waals surface area contributed by atoms with E-state index in [0.717, 1.165) is 23.6 Å². The number of anilines is 2. The van der Waals surface area contributed by atoms with Gasteiger partial charge in [0.05, 0.1) is 35.1 Å². The van der Waals surface area contributed by atoms with Crippen molar-refractivity contribution in [2.45, 2.75) is 19.5 Å². The molecule has 0 aliphatic rings. The molecule has 0 aliphatic heterocycles. The van der Waals surface area contributed by atoms with Gasteiger partial charge >= 0.3 is 6.18 Å². The Morgan fingerprint density at radius 2 is 1.89 bits per heavy atom. The quantitative estimate of drug-likeness (QED) is 0.296. The second-order valence-corrected chi connectivity index (χ2v) is 8.32. The van der Waals surface area contributed by atoms with Gasteiger partial charge in [0.15, 0.2) is 5.82 Å². The van der Waals surface area contributed by atoms with Gasteiger partial charge in [-0.1, -0.05) is 6.07 Å². The second-order valence-electron chi connectivity index (χ2n) is 8.32. The summed E-state index contributed by atoms with van der Waals surface area (Å²) < 4.78 is 48.4. The lowest BCUT2D eigenvalue weighted by Gasteiger charge is -2.16.